The van der Waals surface area contributed by atoms with Gasteiger partial charge in [0.2, 0.25) is 0 Å². The summed E-state index contributed by atoms with van der Waals surface area (Å²) in [6.07, 6.45) is 2.60. The molecule has 1 heterocycles. The van der Waals surface area contributed by atoms with E-state index in [2.05, 4.69) is 11.8 Å². The summed E-state index contributed by atoms with van der Waals surface area (Å²) >= 11 is 0. The summed E-state index contributed by atoms with van der Waals surface area (Å²) in [4.78, 5) is 2.43. The number of hydrogen-bond donors (Lipinski definition) is 2. The summed E-state index contributed by atoms with van der Waals surface area (Å²) in [5.74, 6) is 1.41. The largest absolute Gasteiger partial charge is 0.387 e. The standard InChI is InChI=1S/C10H21N3/c1-3-9-4-5-13(7-9)6-8(2)10(11)12/h8-9H,3-7H2,1-2H3,(H3,11,12). The molecule has 1 aliphatic heterocycles. The van der Waals surface area contributed by atoms with E-state index < -0.39 is 0 Å². The van der Waals surface area contributed by atoms with Crippen LogP contribution in [0.5, 0.6) is 0 Å². The third-order valence-corrected chi connectivity index (χ3v) is 3.01. The zero-order valence-corrected chi connectivity index (χ0v) is 8.71. The maximum Gasteiger partial charge on any atom is 0.0947 e. The molecule has 0 radical (unpaired) electrons. The minimum Gasteiger partial charge on any atom is -0.387 e. The van der Waals surface area contributed by atoms with E-state index in [1.807, 2.05) is 6.92 Å². The molecular formula is C10H21N3. The lowest BCUT2D eigenvalue weighted by molar-refractivity contribution is 0.303. The van der Waals surface area contributed by atoms with Gasteiger partial charge in [0.05, 0.1) is 5.84 Å². The summed E-state index contributed by atoms with van der Waals surface area (Å²) < 4.78 is 0. The maximum atomic E-state index is 7.31. The minimum atomic E-state index is 0.218. The van der Waals surface area contributed by atoms with Crippen molar-refractivity contribution in [3.63, 3.8) is 0 Å². The van der Waals surface area contributed by atoms with Crippen molar-refractivity contribution in [3.8, 4) is 0 Å². The molecule has 0 bridgehead atoms. The van der Waals surface area contributed by atoms with Crippen LogP contribution in [0.3, 0.4) is 0 Å². The van der Waals surface area contributed by atoms with Gasteiger partial charge < -0.3 is 10.6 Å². The zero-order chi connectivity index (χ0) is 9.84. The number of nitrogens with zero attached hydrogens (tertiary/aromatic N) is 1. The normalized spacial score (nSPS) is 26.2. The highest BCUT2D eigenvalue weighted by Gasteiger charge is 2.22. The Balaban J connectivity index is 2.27. The number of hydrogen-bond acceptors (Lipinski definition) is 2. The molecule has 1 rings (SSSR count). The predicted octanol–water partition coefficient (Wildman–Crippen LogP) is 1.29. The number of rotatable bonds is 4. The van der Waals surface area contributed by atoms with E-state index in [9.17, 15) is 0 Å². The fourth-order valence-electron chi connectivity index (χ4n) is 1.90. The van der Waals surface area contributed by atoms with Crippen LogP contribution < -0.4 is 5.73 Å². The van der Waals surface area contributed by atoms with Crippen molar-refractivity contribution in [1.82, 2.24) is 4.90 Å². The molecule has 1 fully saturated rings. The lowest BCUT2D eigenvalue weighted by atomic mass is 10.1. The molecule has 0 spiro atoms. The van der Waals surface area contributed by atoms with Crippen molar-refractivity contribution in [3.05, 3.63) is 0 Å². The molecule has 0 saturated carbocycles. The monoisotopic (exact) mass is 183 g/mol. The van der Waals surface area contributed by atoms with E-state index >= 15 is 0 Å². The first-order valence-electron chi connectivity index (χ1n) is 5.19. The Hall–Kier alpha value is -0.570. The summed E-state index contributed by atoms with van der Waals surface area (Å²) in [7, 11) is 0. The highest BCUT2D eigenvalue weighted by atomic mass is 15.1. The van der Waals surface area contributed by atoms with Gasteiger partial charge in [-0.05, 0) is 18.9 Å². The molecule has 0 aromatic heterocycles. The van der Waals surface area contributed by atoms with Crippen molar-refractivity contribution in [2.24, 2.45) is 17.6 Å². The van der Waals surface area contributed by atoms with Gasteiger partial charge in [0.1, 0.15) is 0 Å². The van der Waals surface area contributed by atoms with Crippen molar-refractivity contribution >= 4 is 5.84 Å². The molecule has 0 aliphatic carbocycles. The molecule has 3 heteroatoms. The number of nitrogens with two attached hydrogens (primary N) is 1. The van der Waals surface area contributed by atoms with Crippen LogP contribution in [-0.4, -0.2) is 30.4 Å². The average Bonchev–Trinajstić information content (AvgIpc) is 2.52. The van der Waals surface area contributed by atoms with Gasteiger partial charge in [-0.15, -0.1) is 0 Å². The molecule has 76 valence electrons. The van der Waals surface area contributed by atoms with Crippen LogP contribution >= 0.6 is 0 Å². The lowest BCUT2D eigenvalue weighted by Gasteiger charge is -2.19. The van der Waals surface area contributed by atoms with Gasteiger partial charge in [0.25, 0.3) is 0 Å². The Morgan fingerprint density at radius 3 is 2.85 bits per heavy atom. The van der Waals surface area contributed by atoms with Crippen LogP contribution in [0.2, 0.25) is 0 Å². The quantitative estimate of drug-likeness (QED) is 0.510. The third kappa shape index (κ3) is 2.99. The highest BCUT2D eigenvalue weighted by Crippen LogP contribution is 2.19. The maximum absolute atomic E-state index is 7.31. The summed E-state index contributed by atoms with van der Waals surface area (Å²) in [6, 6.07) is 0. The molecule has 13 heavy (non-hydrogen) atoms. The van der Waals surface area contributed by atoms with Gasteiger partial charge in [-0.3, -0.25) is 5.41 Å². The highest BCUT2D eigenvalue weighted by molar-refractivity contribution is 5.79. The van der Waals surface area contributed by atoms with Gasteiger partial charge in [-0.1, -0.05) is 20.3 Å². The zero-order valence-electron chi connectivity index (χ0n) is 8.71. The van der Waals surface area contributed by atoms with Crippen LogP contribution in [-0.2, 0) is 0 Å². The number of amidine groups is 1. The first kappa shape index (κ1) is 10.5. The molecule has 0 aromatic carbocycles. The van der Waals surface area contributed by atoms with Gasteiger partial charge in [-0.2, -0.15) is 0 Å². The fourth-order valence-corrected chi connectivity index (χ4v) is 1.90. The fraction of sp³-hybridized carbons (Fsp3) is 0.900. The molecule has 3 nitrogen and oxygen atoms in total. The molecule has 2 unspecified atom stereocenters. The number of nitrogens with one attached hydrogen (secondary N) is 1. The van der Waals surface area contributed by atoms with Gasteiger partial charge >= 0.3 is 0 Å². The first-order valence-corrected chi connectivity index (χ1v) is 5.19. The Labute approximate surface area is 80.8 Å². The Morgan fingerprint density at radius 1 is 1.69 bits per heavy atom. The third-order valence-electron chi connectivity index (χ3n) is 3.01. The van der Waals surface area contributed by atoms with Crippen LogP contribution in [0.4, 0.5) is 0 Å². The smallest absolute Gasteiger partial charge is 0.0947 e. The average molecular weight is 183 g/mol. The Morgan fingerprint density at radius 2 is 2.38 bits per heavy atom. The predicted molar refractivity (Wildman–Crippen MR) is 55.9 cm³/mol. The second-order valence-corrected chi connectivity index (χ2v) is 4.18. The van der Waals surface area contributed by atoms with Gasteiger partial charge in [-0.25, -0.2) is 0 Å². The Bertz CT molecular complexity index is 179. The van der Waals surface area contributed by atoms with E-state index in [0.717, 1.165) is 12.5 Å². The minimum absolute atomic E-state index is 0.218. The van der Waals surface area contributed by atoms with Crippen molar-refractivity contribution in [2.75, 3.05) is 19.6 Å². The molecular weight excluding hydrogens is 162 g/mol. The molecule has 3 N–H and O–H groups in total. The van der Waals surface area contributed by atoms with Gasteiger partial charge in [0.15, 0.2) is 0 Å². The Kier molecular flexibility index (Phi) is 3.72. The molecule has 1 aliphatic rings. The van der Waals surface area contributed by atoms with Gasteiger partial charge in [0, 0.05) is 19.0 Å². The van der Waals surface area contributed by atoms with E-state index in [0.29, 0.717) is 5.84 Å². The lowest BCUT2D eigenvalue weighted by Crippen LogP contribution is -2.33. The number of likely N-dealkylation sites (tertiary alicyclic amines) is 1. The van der Waals surface area contributed by atoms with Crippen LogP contribution in [0.25, 0.3) is 0 Å². The topological polar surface area (TPSA) is 53.1 Å². The second kappa shape index (κ2) is 4.61. The second-order valence-electron chi connectivity index (χ2n) is 4.18. The van der Waals surface area contributed by atoms with E-state index in [1.54, 1.807) is 0 Å². The van der Waals surface area contributed by atoms with Crippen LogP contribution in [0.15, 0.2) is 0 Å². The molecule has 0 amide bonds. The summed E-state index contributed by atoms with van der Waals surface area (Å²) in [6.45, 7) is 7.64. The summed E-state index contributed by atoms with van der Waals surface area (Å²) in [5, 5.41) is 7.31. The summed E-state index contributed by atoms with van der Waals surface area (Å²) in [5.41, 5.74) is 5.44. The SMILES string of the molecule is CCC1CCN(CC(C)C(=N)N)C1. The van der Waals surface area contributed by atoms with E-state index in [1.165, 1.54) is 25.9 Å². The first-order chi connectivity index (χ1) is 6.13. The van der Waals surface area contributed by atoms with Crippen molar-refractivity contribution < 1.29 is 0 Å². The van der Waals surface area contributed by atoms with Crippen LogP contribution in [0, 0.1) is 17.2 Å². The molecule has 0 aromatic rings. The van der Waals surface area contributed by atoms with Crippen LogP contribution in [0.1, 0.15) is 26.7 Å². The van der Waals surface area contributed by atoms with E-state index in [4.69, 9.17) is 11.1 Å². The van der Waals surface area contributed by atoms with Crippen molar-refractivity contribution in [1.29, 1.82) is 5.41 Å². The molecule has 2 atom stereocenters. The van der Waals surface area contributed by atoms with E-state index in [-0.39, 0.29) is 5.92 Å². The van der Waals surface area contributed by atoms with Crippen molar-refractivity contribution in [2.45, 2.75) is 26.7 Å². The molecule has 1 saturated heterocycles.